The van der Waals surface area contributed by atoms with Crippen LogP contribution in [-0.2, 0) is 20.7 Å². The van der Waals surface area contributed by atoms with Crippen molar-refractivity contribution >= 4 is 23.8 Å². The number of hydrogen-bond acceptors (Lipinski definition) is 5. The van der Waals surface area contributed by atoms with Gasteiger partial charge in [0, 0.05) is 28.3 Å². The van der Waals surface area contributed by atoms with Crippen molar-refractivity contribution in [3.63, 3.8) is 0 Å². The molecular weight excluding hydrogens is 423 g/mol. The summed E-state index contributed by atoms with van der Waals surface area (Å²) in [7, 11) is 0. The Morgan fingerprint density at radius 1 is 1.09 bits per heavy atom. The first-order valence-electron chi connectivity index (χ1n) is 10.6. The van der Waals surface area contributed by atoms with E-state index in [1.165, 1.54) is 12.1 Å². The maximum absolute atomic E-state index is 12.9. The molecule has 172 valence electrons. The maximum Gasteiger partial charge on any atom is 0.310 e. The number of ether oxygens (including phenoxy) is 1. The lowest BCUT2D eigenvalue weighted by molar-refractivity contribution is -0.142. The fraction of sp³-hybridized carbons (Fsp3) is 0.240. The Bertz CT molecular complexity index is 1140. The van der Waals surface area contributed by atoms with Gasteiger partial charge in [-0.25, -0.2) is 9.82 Å². The minimum atomic E-state index is -0.333. The van der Waals surface area contributed by atoms with Gasteiger partial charge in [0.2, 0.25) is 0 Å². The molecule has 7 nitrogen and oxygen atoms in total. The third-order valence-corrected chi connectivity index (χ3v) is 5.01. The third-order valence-electron chi connectivity index (χ3n) is 5.01. The zero-order valence-electron chi connectivity index (χ0n) is 18.9. The highest BCUT2D eigenvalue weighted by molar-refractivity contribution is 5.85. The molecule has 0 aliphatic carbocycles. The smallest absolute Gasteiger partial charge is 0.310 e. The van der Waals surface area contributed by atoms with Crippen molar-refractivity contribution in [3.8, 4) is 5.69 Å². The number of nitrogens with one attached hydrogen (secondary N) is 2. The minimum absolute atomic E-state index is 0.0140. The van der Waals surface area contributed by atoms with E-state index in [-0.39, 0.29) is 30.7 Å². The van der Waals surface area contributed by atoms with Gasteiger partial charge in [-0.2, -0.15) is 5.10 Å². The van der Waals surface area contributed by atoms with E-state index in [9.17, 15) is 14.0 Å². The monoisotopic (exact) mass is 450 g/mol. The first-order chi connectivity index (χ1) is 15.9. The normalized spacial score (nSPS) is 10.9. The summed E-state index contributed by atoms with van der Waals surface area (Å²) in [6.07, 6.45) is 1.84. The molecule has 8 heteroatoms. The van der Waals surface area contributed by atoms with E-state index in [1.807, 2.05) is 44.2 Å². The van der Waals surface area contributed by atoms with Gasteiger partial charge in [0.15, 0.2) is 0 Å². The quantitative estimate of drug-likeness (QED) is 0.294. The van der Waals surface area contributed by atoms with Gasteiger partial charge in [-0.3, -0.25) is 9.59 Å². The number of aromatic nitrogens is 1. The van der Waals surface area contributed by atoms with Crippen molar-refractivity contribution in [2.45, 2.75) is 27.2 Å². The van der Waals surface area contributed by atoms with E-state index in [1.54, 1.807) is 25.3 Å². The summed E-state index contributed by atoms with van der Waals surface area (Å²) in [5, 5.41) is 6.96. The molecule has 1 amide bonds. The Labute approximate surface area is 192 Å². The van der Waals surface area contributed by atoms with Crippen molar-refractivity contribution in [1.29, 1.82) is 0 Å². The SMILES string of the molecule is CCOC(=O)Cc1ccc(-n2c(C)cc(/C=N\NC(=O)CNc3ccc(F)cc3)c2C)cc1. The van der Waals surface area contributed by atoms with E-state index < -0.39 is 0 Å². The van der Waals surface area contributed by atoms with E-state index in [2.05, 4.69) is 20.4 Å². The van der Waals surface area contributed by atoms with Gasteiger partial charge in [0.05, 0.1) is 25.8 Å². The predicted octanol–water partition coefficient (Wildman–Crippen LogP) is 3.90. The Kier molecular flexibility index (Phi) is 7.96. The number of benzene rings is 2. The summed E-state index contributed by atoms with van der Waals surface area (Å²) in [4.78, 5) is 23.7. The van der Waals surface area contributed by atoms with Gasteiger partial charge in [-0.05, 0) is 68.8 Å². The highest BCUT2D eigenvalue weighted by Gasteiger charge is 2.11. The summed E-state index contributed by atoms with van der Waals surface area (Å²) in [5.41, 5.74) is 7.83. The second-order valence-corrected chi connectivity index (χ2v) is 7.46. The third kappa shape index (κ3) is 6.52. The van der Waals surface area contributed by atoms with Crippen molar-refractivity contribution in [2.75, 3.05) is 18.5 Å². The van der Waals surface area contributed by atoms with Crippen molar-refractivity contribution in [2.24, 2.45) is 5.10 Å². The molecule has 1 aromatic heterocycles. The molecule has 3 aromatic rings. The van der Waals surface area contributed by atoms with Crippen LogP contribution in [-0.4, -0.2) is 35.8 Å². The van der Waals surface area contributed by atoms with Crippen LogP contribution in [0.15, 0.2) is 59.7 Å². The van der Waals surface area contributed by atoms with Gasteiger partial charge in [-0.1, -0.05) is 12.1 Å². The van der Waals surface area contributed by atoms with E-state index in [0.29, 0.717) is 12.3 Å². The molecule has 3 rings (SSSR count). The van der Waals surface area contributed by atoms with E-state index in [4.69, 9.17) is 4.74 Å². The van der Waals surface area contributed by atoms with Crippen LogP contribution >= 0.6 is 0 Å². The average molecular weight is 451 g/mol. The number of carbonyl (C=O) groups excluding carboxylic acids is 2. The lowest BCUT2D eigenvalue weighted by Gasteiger charge is -2.10. The second-order valence-electron chi connectivity index (χ2n) is 7.46. The molecule has 2 aromatic carbocycles. The number of rotatable bonds is 9. The van der Waals surface area contributed by atoms with Crippen LogP contribution in [0.2, 0.25) is 0 Å². The Balaban J connectivity index is 1.60. The number of carbonyl (C=O) groups is 2. The number of anilines is 1. The largest absolute Gasteiger partial charge is 0.466 e. The molecule has 0 saturated heterocycles. The number of amides is 1. The molecule has 0 aliphatic rings. The Morgan fingerprint density at radius 2 is 1.79 bits per heavy atom. The number of halogens is 1. The zero-order valence-corrected chi connectivity index (χ0v) is 18.9. The summed E-state index contributed by atoms with van der Waals surface area (Å²) in [6, 6.07) is 15.5. The molecular formula is C25H27FN4O3. The molecule has 33 heavy (non-hydrogen) atoms. The highest BCUT2D eigenvalue weighted by Crippen LogP contribution is 2.20. The lowest BCUT2D eigenvalue weighted by Crippen LogP contribution is -2.25. The van der Waals surface area contributed by atoms with Crippen molar-refractivity contribution in [3.05, 3.63) is 82.9 Å². The van der Waals surface area contributed by atoms with Crippen LogP contribution < -0.4 is 10.7 Å². The molecule has 0 fully saturated rings. The van der Waals surface area contributed by atoms with Gasteiger partial charge in [-0.15, -0.1) is 0 Å². The molecule has 0 radical (unpaired) electrons. The van der Waals surface area contributed by atoms with Crippen LogP contribution in [0.3, 0.4) is 0 Å². The van der Waals surface area contributed by atoms with Crippen LogP contribution in [0.25, 0.3) is 5.69 Å². The number of aryl methyl sites for hydroxylation is 1. The van der Waals surface area contributed by atoms with Crippen LogP contribution in [0.4, 0.5) is 10.1 Å². The number of hydrazone groups is 1. The fourth-order valence-electron chi connectivity index (χ4n) is 3.42. The topological polar surface area (TPSA) is 84.7 Å². The first-order valence-corrected chi connectivity index (χ1v) is 10.6. The highest BCUT2D eigenvalue weighted by atomic mass is 19.1. The zero-order chi connectivity index (χ0) is 23.8. The standard InChI is InChI=1S/C25H27FN4O3/c1-4-33-25(32)14-19-5-11-23(12-6-19)30-17(2)13-20(18(30)3)15-28-29-24(31)16-27-22-9-7-21(26)8-10-22/h5-13,15,27H,4,14,16H2,1-3H3,(H,29,31)/b28-15-. The van der Waals surface area contributed by atoms with Crippen molar-refractivity contribution in [1.82, 2.24) is 9.99 Å². The molecule has 0 unspecified atom stereocenters. The molecule has 0 saturated carbocycles. The molecule has 1 heterocycles. The number of hydrogen-bond donors (Lipinski definition) is 2. The average Bonchev–Trinajstić information content (AvgIpc) is 3.07. The molecule has 0 spiro atoms. The summed E-state index contributed by atoms with van der Waals surface area (Å²) in [6.45, 7) is 6.13. The van der Waals surface area contributed by atoms with Crippen molar-refractivity contribution < 1.29 is 18.7 Å². The van der Waals surface area contributed by atoms with Crippen LogP contribution in [0, 0.1) is 19.7 Å². The summed E-state index contributed by atoms with van der Waals surface area (Å²) < 4.78 is 20.0. The van der Waals surface area contributed by atoms with Gasteiger partial charge >= 0.3 is 5.97 Å². The Hall–Kier alpha value is -3.94. The Morgan fingerprint density at radius 3 is 2.45 bits per heavy atom. The molecule has 2 N–H and O–H groups in total. The number of nitrogens with zero attached hydrogens (tertiary/aromatic N) is 2. The predicted molar refractivity (Wildman–Crippen MR) is 126 cm³/mol. The van der Waals surface area contributed by atoms with E-state index in [0.717, 1.165) is 28.2 Å². The fourth-order valence-corrected chi connectivity index (χ4v) is 3.42. The van der Waals surface area contributed by atoms with Crippen LogP contribution in [0.5, 0.6) is 0 Å². The molecule has 0 aliphatic heterocycles. The summed E-state index contributed by atoms with van der Waals surface area (Å²) in [5.74, 6) is -0.895. The first kappa shape index (κ1) is 23.7. The lowest BCUT2D eigenvalue weighted by atomic mass is 10.1. The van der Waals surface area contributed by atoms with Gasteiger partial charge < -0.3 is 14.6 Å². The van der Waals surface area contributed by atoms with E-state index >= 15 is 0 Å². The van der Waals surface area contributed by atoms with Crippen LogP contribution in [0.1, 0.15) is 29.4 Å². The number of esters is 1. The maximum atomic E-state index is 12.9. The van der Waals surface area contributed by atoms with Gasteiger partial charge in [0.1, 0.15) is 5.82 Å². The second kappa shape index (κ2) is 11.1. The molecule has 0 bridgehead atoms. The summed E-state index contributed by atoms with van der Waals surface area (Å²) >= 11 is 0. The molecule has 0 atom stereocenters. The van der Waals surface area contributed by atoms with Gasteiger partial charge in [0.25, 0.3) is 5.91 Å². The minimum Gasteiger partial charge on any atom is -0.466 e.